The van der Waals surface area contributed by atoms with E-state index in [0.717, 1.165) is 64.1 Å². The zero-order chi connectivity index (χ0) is 35.5. The van der Waals surface area contributed by atoms with Crippen LogP contribution in [-0.4, -0.2) is 24.4 Å². The minimum atomic E-state index is -0.615. The fraction of sp³-hybridized carbons (Fsp3) is 0.233. The number of rotatable bonds is 6. The van der Waals surface area contributed by atoms with E-state index < -0.39 is 22.5 Å². The van der Waals surface area contributed by atoms with E-state index in [-0.39, 0.29) is 5.82 Å². The number of allylic oxidation sites excluding steroid dienone is 7. The number of likely N-dealkylation sites (N-methyl/N-ethyl adjacent to an activating group) is 1. The number of para-hydroxylation sites is 2. The molecule has 1 aliphatic carbocycles. The van der Waals surface area contributed by atoms with E-state index in [1.165, 1.54) is 12.1 Å². The lowest BCUT2D eigenvalue weighted by molar-refractivity contribution is -0.404. The Bertz CT molecular complexity index is 2140. The molecule has 0 radical (unpaired) electrons. The van der Waals surface area contributed by atoms with Gasteiger partial charge in [-0.2, -0.15) is 8.97 Å². The van der Waals surface area contributed by atoms with Gasteiger partial charge in [0.2, 0.25) is 5.69 Å². The fourth-order valence-corrected chi connectivity index (χ4v) is 8.21. The molecule has 0 bridgehead atoms. The Morgan fingerprint density at radius 2 is 1.40 bits per heavy atom. The topological polar surface area (TPSA) is 9.49 Å². The molecular formula is C43H40ClF3N3+. The van der Waals surface area contributed by atoms with Crippen LogP contribution in [0.5, 0.6) is 0 Å². The van der Waals surface area contributed by atoms with E-state index in [4.69, 9.17) is 11.6 Å². The van der Waals surface area contributed by atoms with Gasteiger partial charge < -0.3 is 9.80 Å². The van der Waals surface area contributed by atoms with Crippen LogP contribution in [0.3, 0.4) is 0 Å². The molecule has 4 aromatic rings. The molecule has 50 heavy (non-hydrogen) atoms. The third kappa shape index (κ3) is 5.50. The van der Waals surface area contributed by atoms with Crippen molar-refractivity contribution in [2.24, 2.45) is 0 Å². The molecule has 3 nitrogen and oxygen atoms in total. The van der Waals surface area contributed by atoms with Gasteiger partial charge in [0.1, 0.15) is 18.7 Å². The molecule has 0 atom stereocenters. The lowest BCUT2D eigenvalue weighted by Gasteiger charge is -2.29. The van der Waals surface area contributed by atoms with E-state index in [9.17, 15) is 4.39 Å². The summed E-state index contributed by atoms with van der Waals surface area (Å²) in [6, 6.07) is 26.2. The summed E-state index contributed by atoms with van der Waals surface area (Å²) < 4.78 is 46.7. The predicted octanol–water partition coefficient (Wildman–Crippen LogP) is 11.4. The number of halogens is 4. The first-order valence-electron chi connectivity index (χ1n) is 16.9. The zero-order valence-corrected chi connectivity index (χ0v) is 29.9. The van der Waals surface area contributed by atoms with E-state index in [0.29, 0.717) is 22.0 Å². The van der Waals surface area contributed by atoms with Crippen molar-refractivity contribution in [3.05, 3.63) is 165 Å². The van der Waals surface area contributed by atoms with Crippen LogP contribution in [0.2, 0.25) is 5.02 Å². The van der Waals surface area contributed by atoms with Crippen LogP contribution < -0.4 is 9.80 Å². The summed E-state index contributed by atoms with van der Waals surface area (Å²) in [6.45, 7) is 8.20. The third-order valence-corrected chi connectivity index (χ3v) is 10.7. The monoisotopic (exact) mass is 690 g/mol. The second-order valence-corrected chi connectivity index (χ2v) is 14.7. The Labute approximate surface area is 297 Å². The fourth-order valence-electron chi connectivity index (χ4n) is 8.01. The van der Waals surface area contributed by atoms with Gasteiger partial charge >= 0.3 is 0 Å². The van der Waals surface area contributed by atoms with Crippen molar-refractivity contribution in [3.63, 3.8) is 0 Å². The van der Waals surface area contributed by atoms with Crippen molar-refractivity contribution in [1.29, 1.82) is 0 Å². The standard InChI is InChI=1S/C43H40ClF3N3/c1-42(2)33-23-29(44)24-35(46)40(33)48(5)37(42)21-19-27-17-18-28(39(27)50(31-13-9-7-10-14-31)32-15-11-8-12-16-32)20-22-38-43(3,4)34-25-30(45)26-36(47)41(34)49(38)6/h7-16,19-26H,17-18H2,1-6H3/q+1. The summed E-state index contributed by atoms with van der Waals surface area (Å²) >= 11 is 6.31. The van der Waals surface area contributed by atoms with E-state index in [1.54, 1.807) is 0 Å². The molecule has 0 unspecified atom stereocenters. The van der Waals surface area contributed by atoms with Gasteiger partial charge in [0.05, 0.1) is 16.8 Å². The molecule has 2 aliphatic heterocycles. The SMILES string of the molecule is CN1/C(=C/C=C2\CCC(/C=C/C3=[N+](C)c4c(F)cc(Cl)cc4C3(C)C)=C2N(c2ccccc2)c2ccccc2)C(C)(C)c2cc(F)cc(F)c21. The van der Waals surface area contributed by atoms with Crippen molar-refractivity contribution >= 4 is 40.1 Å². The molecule has 0 spiro atoms. The van der Waals surface area contributed by atoms with Gasteiger partial charge in [-0.25, -0.2) is 8.78 Å². The summed E-state index contributed by atoms with van der Waals surface area (Å²) in [6.07, 6.45) is 10.0. The molecule has 0 N–H and O–H groups in total. The number of hydrogen-bond donors (Lipinski definition) is 0. The molecule has 0 aromatic heterocycles. The summed E-state index contributed by atoms with van der Waals surface area (Å²) in [5, 5.41) is 0.381. The van der Waals surface area contributed by atoms with Gasteiger partial charge in [0.25, 0.3) is 0 Å². The van der Waals surface area contributed by atoms with Crippen LogP contribution in [0.4, 0.5) is 35.9 Å². The smallest absolute Gasteiger partial charge is 0.245 e. The summed E-state index contributed by atoms with van der Waals surface area (Å²) in [5.41, 5.74) is 8.50. The lowest BCUT2D eigenvalue weighted by atomic mass is 9.81. The van der Waals surface area contributed by atoms with E-state index in [1.807, 2.05) is 79.9 Å². The van der Waals surface area contributed by atoms with Gasteiger partial charge in [0.15, 0.2) is 11.5 Å². The van der Waals surface area contributed by atoms with Gasteiger partial charge in [0, 0.05) is 52.3 Å². The maximum absolute atomic E-state index is 15.2. The van der Waals surface area contributed by atoms with Crippen LogP contribution in [0, 0.1) is 17.5 Å². The Morgan fingerprint density at radius 1 is 0.760 bits per heavy atom. The minimum absolute atomic E-state index is 0.339. The summed E-state index contributed by atoms with van der Waals surface area (Å²) in [7, 11) is 3.74. The minimum Gasteiger partial charge on any atom is -0.345 e. The highest BCUT2D eigenvalue weighted by atomic mass is 35.5. The van der Waals surface area contributed by atoms with Crippen LogP contribution in [0.1, 0.15) is 51.7 Å². The molecule has 0 amide bonds. The van der Waals surface area contributed by atoms with Crippen LogP contribution in [-0.2, 0) is 10.8 Å². The molecular weight excluding hydrogens is 651 g/mol. The molecule has 2 heterocycles. The number of benzene rings is 4. The molecule has 0 saturated heterocycles. The van der Waals surface area contributed by atoms with Crippen LogP contribution in [0.25, 0.3) is 0 Å². The molecule has 4 aromatic carbocycles. The second-order valence-electron chi connectivity index (χ2n) is 14.3. The molecule has 0 fully saturated rings. The quantitative estimate of drug-likeness (QED) is 0.186. The highest BCUT2D eigenvalue weighted by Crippen LogP contribution is 2.49. The largest absolute Gasteiger partial charge is 0.345 e. The number of fused-ring (bicyclic) bond motifs is 2. The van der Waals surface area contributed by atoms with Gasteiger partial charge in [-0.3, -0.25) is 0 Å². The zero-order valence-electron chi connectivity index (χ0n) is 29.2. The molecule has 254 valence electrons. The summed E-state index contributed by atoms with van der Waals surface area (Å²) in [5.74, 6) is -1.49. The predicted molar refractivity (Wildman–Crippen MR) is 200 cm³/mol. The van der Waals surface area contributed by atoms with E-state index >= 15 is 8.78 Å². The maximum Gasteiger partial charge on any atom is 0.245 e. The van der Waals surface area contributed by atoms with Crippen LogP contribution in [0.15, 0.2) is 132 Å². The van der Waals surface area contributed by atoms with Crippen molar-refractivity contribution in [1.82, 2.24) is 0 Å². The van der Waals surface area contributed by atoms with E-state index in [2.05, 4.69) is 67.3 Å². The highest BCUT2D eigenvalue weighted by molar-refractivity contribution is 6.30. The van der Waals surface area contributed by atoms with Crippen molar-refractivity contribution < 1.29 is 17.7 Å². The first-order valence-corrected chi connectivity index (χ1v) is 17.3. The maximum atomic E-state index is 15.2. The Balaban J connectivity index is 1.39. The highest BCUT2D eigenvalue weighted by Gasteiger charge is 2.45. The molecule has 0 saturated carbocycles. The van der Waals surface area contributed by atoms with Crippen molar-refractivity contribution in [2.75, 3.05) is 23.9 Å². The Kier molecular flexibility index (Phi) is 8.42. The average Bonchev–Trinajstić information content (AvgIpc) is 3.61. The number of nitrogens with zero attached hydrogens (tertiary/aromatic N) is 3. The van der Waals surface area contributed by atoms with Crippen molar-refractivity contribution in [2.45, 2.75) is 51.4 Å². The third-order valence-electron chi connectivity index (χ3n) is 10.5. The summed E-state index contributed by atoms with van der Waals surface area (Å²) in [4.78, 5) is 4.12. The lowest BCUT2D eigenvalue weighted by Crippen LogP contribution is -2.26. The Hall–Kier alpha value is -4.81. The van der Waals surface area contributed by atoms with Crippen LogP contribution >= 0.6 is 11.6 Å². The molecule has 3 aliphatic rings. The van der Waals surface area contributed by atoms with Crippen molar-refractivity contribution in [3.8, 4) is 0 Å². The van der Waals surface area contributed by atoms with Gasteiger partial charge in [-0.1, -0.05) is 74.0 Å². The number of hydrogen-bond acceptors (Lipinski definition) is 2. The van der Waals surface area contributed by atoms with Gasteiger partial charge in [-0.05, 0) is 91.9 Å². The first kappa shape index (κ1) is 33.7. The average molecular weight is 691 g/mol. The second kappa shape index (κ2) is 12.5. The number of anilines is 3. The van der Waals surface area contributed by atoms with Gasteiger partial charge in [-0.15, -0.1) is 0 Å². The molecule has 7 rings (SSSR count). The molecule has 7 heteroatoms. The first-order chi connectivity index (χ1) is 23.8. The normalized spacial score (nSPS) is 19.4. The Morgan fingerprint density at radius 3 is 2.04 bits per heavy atom.